The van der Waals surface area contributed by atoms with Crippen LogP contribution in [0.5, 0.6) is 11.5 Å². The van der Waals surface area contributed by atoms with Crippen molar-refractivity contribution in [3.8, 4) is 11.5 Å². The van der Waals surface area contributed by atoms with Gasteiger partial charge in [-0.2, -0.15) is 0 Å². The van der Waals surface area contributed by atoms with Crippen LogP contribution in [0, 0.1) is 5.92 Å². The number of methoxy groups -OCH3 is 2. The summed E-state index contributed by atoms with van der Waals surface area (Å²) in [5, 5.41) is 0.421. The van der Waals surface area contributed by atoms with Crippen molar-refractivity contribution in [2.75, 3.05) is 33.3 Å². The minimum absolute atomic E-state index is 0.421. The summed E-state index contributed by atoms with van der Waals surface area (Å²) in [5.74, 6) is 3.33. The Morgan fingerprint density at radius 1 is 1.23 bits per heavy atom. The molecule has 0 saturated heterocycles. The second-order valence-corrected chi connectivity index (χ2v) is 7.44. The maximum absolute atomic E-state index is 5.70. The molecule has 0 saturated carbocycles. The first kappa shape index (κ1) is 17.8. The number of halogens is 1. The Kier molecular flexibility index (Phi) is 6.72. The van der Waals surface area contributed by atoms with Crippen LogP contribution in [0.3, 0.4) is 0 Å². The van der Waals surface area contributed by atoms with E-state index in [0.29, 0.717) is 29.6 Å². The first-order valence-electron chi connectivity index (χ1n) is 7.67. The topological polar surface area (TPSA) is 27.7 Å². The van der Waals surface area contributed by atoms with Crippen LogP contribution in [0.15, 0.2) is 17.0 Å². The van der Waals surface area contributed by atoms with Crippen LogP contribution in [-0.2, 0) is 4.74 Å². The fourth-order valence-corrected chi connectivity index (χ4v) is 4.49. The van der Waals surface area contributed by atoms with Gasteiger partial charge in [0.05, 0.1) is 32.3 Å². The molecular formula is C17H25ClO3S. The number of alkyl halides is 1. The molecule has 1 heterocycles. The van der Waals surface area contributed by atoms with Crippen molar-refractivity contribution in [2.45, 2.75) is 36.3 Å². The number of hydrogen-bond donors (Lipinski definition) is 0. The number of benzene rings is 1. The quantitative estimate of drug-likeness (QED) is 0.558. The standard InChI is InChI=1S/C17H25ClO3S/c1-11-7-14(10-21-6-5-18)22-17-15(12(11)2)8-13(19-3)9-16(17)20-4/h8-9,11-12,14H,5-7,10H2,1-4H3. The minimum atomic E-state index is 0.421. The van der Waals surface area contributed by atoms with Crippen molar-refractivity contribution in [1.82, 2.24) is 0 Å². The molecule has 1 aromatic rings. The lowest BCUT2D eigenvalue weighted by Gasteiger charge is -2.20. The molecule has 0 radical (unpaired) electrons. The molecule has 0 amide bonds. The molecule has 2 rings (SSSR count). The van der Waals surface area contributed by atoms with Crippen LogP contribution in [0.1, 0.15) is 31.7 Å². The van der Waals surface area contributed by atoms with Gasteiger partial charge in [-0.05, 0) is 29.9 Å². The van der Waals surface area contributed by atoms with Gasteiger partial charge in [0.25, 0.3) is 0 Å². The van der Waals surface area contributed by atoms with Gasteiger partial charge in [0, 0.05) is 17.2 Å². The smallest absolute Gasteiger partial charge is 0.136 e. The molecule has 0 spiro atoms. The summed E-state index contributed by atoms with van der Waals surface area (Å²) in [7, 11) is 3.41. The van der Waals surface area contributed by atoms with Gasteiger partial charge >= 0.3 is 0 Å². The molecule has 1 aromatic carbocycles. The molecule has 1 aliphatic rings. The highest BCUT2D eigenvalue weighted by atomic mass is 35.5. The van der Waals surface area contributed by atoms with Gasteiger partial charge in [0.2, 0.25) is 0 Å². The van der Waals surface area contributed by atoms with Crippen LogP contribution in [0.2, 0.25) is 0 Å². The van der Waals surface area contributed by atoms with Gasteiger partial charge < -0.3 is 14.2 Å². The lowest BCUT2D eigenvalue weighted by molar-refractivity contribution is 0.145. The number of rotatable bonds is 6. The molecule has 124 valence electrons. The van der Waals surface area contributed by atoms with E-state index in [1.165, 1.54) is 10.5 Å². The third-order valence-electron chi connectivity index (χ3n) is 4.30. The number of hydrogen-bond acceptors (Lipinski definition) is 4. The molecule has 5 heteroatoms. The first-order chi connectivity index (χ1) is 10.6. The monoisotopic (exact) mass is 344 g/mol. The van der Waals surface area contributed by atoms with E-state index in [0.717, 1.165) is 24.5 Å². The Morgan fingerprint density at radius 2 is 2.00 bits per heavy atom. The maximum atomic E-state index is 5.70. The van der Waals surface area contributed by atoms with Gasteiger partial charge in [0.1, 0.15) is 11.5 Å². The van der Waals surface area contributed by atoms with Crippen LogP contribution >= 0.6 is 23.4 Å². The number of ether oxygens (including phenoxy) is 3. The highest BCUT2D eigenvalue weighted by Gasteiger charge is 2.30. The van der Waals surface area contributed by atoms with Gasteiger partial charge in [-0.25, -0.2) is 0 Å². The molecule has 0 bridgehead atoms. The van der Waals surface area contributed by atoms with Crippen molar-refractivity contribution < 1.29 is 14.2 Å². The summed E-state index contributed by atoms with van der Waals surface area (Å²) in [6.07, 6.45) is 1.12. The lowest BCUT2D eigenvalue weighted by atomic mass is 9.86. The van der Waals surface area contributed by atoms with E-state index in [2.05, 4.69) is 19.9 Å². The highest BCUT2D eigenvalue weighted by Crippen LogP contribution is 2.48. The predicted molar refractivity (Wildman–Crippen MR) is 92.9 cm³/mol. The fraction of sp³-hybridized carbons (Fsp3) is 0.647. The van der Waals surface area contributed by atoms with E-state index in [1.807, 2.05) is 17.8 Å². The minimum Gasteiger partial charge on any atom is -0.497 e. The van der Waals surface area contributed by atoms with Gasteiger partial charge in [-0.3, -0.25) is 0 Å². The molecule has 0 fully saturated rings. The Hall–Kier alpha value is -0.580. The van der Waals surface area contributed by atoms with Gasteiger partial charge in [-0.1, -0.05) is 13.8 Å². The summed E-state index contributed by atoms with van der Waals surface area (Å²) in [6, 6.07) is 4.11. The molecular weight excluding hydrogens is 320 g/mol. The van der Waals surface area contributed by atoms with Crippen LogP contribution in [0.25, 0.3) is 0 Å². The van der Waals surface area contributed by atoms with Gasteiger partial charge in [-0.15, -0.1) is 23.4 Å². The molecule has 3 unspecified atom stereocenters. The van der Waals surface area contributed by atoms with Crippen molar-refractivity contribution >= 4 is 23.4 Å². The molecule has 22 heavy (non-hydrogen) atoms. The second kappa shape index (κ2) is 8.32. The molecule has 0 N–H and O–H groups in total. The zero-order chi connectivity index (χ0) is 16.1. The normalized spacial score (nSPS) is 24.5. The van der Waals surface area contributed by atoms with E-state index in [4.69, 9.17) is 25.8 Å². The van der Waals surface area contributed by atoms with Crippen molar-refractivity contribution in [3.63, 3.8) is 0 Å². The number of thioether (sulfide) groups is 1. The van der Waals surface area contributed by atoms with Gasteiger partial charge in [0.15, 0.2) is 0 Å². The van der Waals surface area contributed by atoms with Crippen LogP contribution in [0.4, 0.5) is 0 Å². The molecule has 0 aliphatic carbocycles. The van der Waals surface area contributed by atoms with E-state index < -0.39 is 0 Å². The zero-order valence-electron chi connectivity index (χ0n) is 13.7. The van der Waals surface area contributed by atoms with Crippen LogP contribution in [-0.4, -0.2) is 38.6 Å². The summed E-state index contributed by atoms with van der Waals surface area (Å²) >= 11 is 7.56. The average Bonchev–Trinajstić information content (AvgIpc) is 2.64. The van der Waals surface area contributed by atoms with E-state index in [9.17, 15) is 0 Å². The van der Waals surface area contributed by atoms with E-state index in [1.54, 1.807) is 14.2 Å². The average molecular weight is 345 g/mol. The predicted octanol–water partition coefficient (Wildman–Crippen LogP) is 4.56. The summed E-state index contributed by atoms with van der Waals surface area (Å²) in [5.41, 5.74) is 1.31. The van der Waals surface area contributed by atoms with Crippen molar-refractivity contribution in [2.24, 2.45) is 5.92 Å². The summed E-state index contributed by atoms with van der Waals surface area (Å²) in [6.45, 7) is 5.92. The Labute approximate surface area is 142 Å². The maximum Gasteiger partial charge on any atom is 0.136 e. The molecule has 1 aliphatic heterocycles. The van der Waals surface area contributed by atoms with Crippen LogP contribution < -0.4 is 9.47 Å². The number of fused-ring (bicyclic) bond motifs is 1. The van der Waals surface area contributed by atoms with E-state index in [-0.39, 0.29) is 0 Å². The SMILES string of the molecule is COc1cc(OC)c2c(c1)C(C)C(C)CC(COCCCl)S2. The van der Waals surface area contributed by atoms with Crippen molar-refractivity contribution in [1.29, 1.82) is 0 Å². The Bertz CT molecular complexity index is 495. The summed E-state index contributed by atoms with van der Waals surface area (Å²) in [4.78, 5) is 1.22. The second-order valence-electron chi connectivity index (χ2n) is 5.75. The Balaban J connectivity index is 2.32. The van der Waals surface area contributed by atoms with E-state index >= 15 is 0 Å². The Morgan fingerprint density at radius 3 is 2.64 bits per heavy atom. The third-order valence-corrected chi connectivity index (χ3v) is 5.79. The largest absolute Gasteiger partial charge is 0.497 e. The lowest BCUT2D eigenvalue weighted by Crippen LogP contribution is -2.16. The molecule has 0 aromatic heterocycles. The van der Waals surface area contributed by atoms with Crippen molar-refractivity contribution in [3.05, 3.63) is 17.7 Å². The molecule has 3 nitrogen and oxygen atoms in total. The third kappa shape index (κ3) is 4.03. The summed E-state index contributed by atoms with van der Waals surface area (Å²) < 4.78 is 16.7. The molecule has 3 atom stereocenters. The highest BCUT2D eigenvalue weighted by molar-refractivity contribution is 8.00. The zero-order valence-corrected chi connectivity index (χ0v) is 15.3. The fourth-order valence-electron chi connectivity index (χ4n) is 2.84. The first-order valence-corrected chi connectivity index (χ1v) is 9.08.